The summed E-state index contributed by atoms with van der Waals surface area (Å²) in [6.07, 6.45) is 3.15. The lowest BCUT2D eigenvalue weighted by atomic mass is 10.0. The Morgan fingerprint density at radius 3 is 3.00 bits per heavy atom. The second-order valence-electron chi connectivity index (χ2n) is 6.71. The number of carbonyl (C=O) groups excluding carboxylic acids is 1. The van der Waals surface area contributed by atoms with Crippen LogP contribution in [0.3, 0.4) is 0 Å². The Balaban J connectivity index is 1.52. The second-order valence-corrected chi connectivity index (χ2v) is 6.71. The summed E-state index contributed by atoms with van der Waals surface area (Å²) >= 11 is 0. The third kappa shape index (κ3) is 3.61. The molecule has 2 atom stereocenters. The van der Waals surface area contributed by atoms with E-state index >= 15 is 0 Å². The summed E-state index contributed by atoms with van der Waals surface area (Å²) in [6.45, 7) is 3.05. The van der Waals surface area contributed by atoms with Crippen molar-refractivity contribution in [1.29, 1.82) is 0 Å². The van der Waals surface area contributed by atoms with Gasteiger partial charge >= 0.3 is 0 Å². The van der Waals surface area contributed by atoms with Gasteiger partial charge in [0.15, 0.2) is 0 Å². The number of morpholine rings is 1. The van der Waals surface area contributed by atoms with E-state index in [1.165, 1.54) is 12.1 Å². The van der Waals surface area contributed by atoms with Crippen LogP contribution in [0.5, 0.6) is 0 Å². The standard InChI is InChI=1S/C18H22FN5O2/c19-14-3-1-2-13(10-14)17(23-6-8-26-9-7-23)18(25)22-15-4-5-16-20-12-21-24(16)11-15/h1-3,10,12,15,17H,4-9,11H2,(H,22,25). The van der Waals surface area contributed by atoms with Gasteiger partial charge in [-0.05, 0) is 24.1 Å². The predicted molar refractivity (Wildman–Crippen MR) is 91.8 cm³/mol. The number of rotatable bonds is 4. The van der Waals surface area contributed by atoms with Crippen LogP contribution in [0.4, 0.5) is 4.39 Å². The zero-order valence-electron chi connectivity index (χ0n) is 14.5. The fourth-order valence-electron chi connectivity index (χ4n) is 3.68. The van der Waals surface area contributed by atoms with Gasteiger partial charge in [0.25, 0.3) is 0 Å². The largest absolute Gasteiger partial charge is 0.379 e. The highest BCUT2D eigenvalue weighted by Gasteiger charge is 2.31. The highest BCUT2D eigenvalue weighted by atomic mass is 19.1. The van der Waals surface area contributed by atoms with Crippen molar-refractivity contribution >= 4 is 5.91 Å². The summed E-state index contributed by atoms with van der Waals surface area (Å²) in [7, 11) is 0. The van der Waals surface area contributed by atoms with Crippen molar-refractivity contribution in [3.63, 3.8) is 0 Å². The third-order valence-electron chi connectivity index (χ3n) is 4.98. The highest BCUT2D eigenvalue weighted by Crippen LogP contribution is 2.24. The smallest absolute Gasteiger partial charge is 0.242 e. The molecular formula is C18H22FN5O2. The van der Waals surface area contributed by atoms with Crippen molar-refractivity contribution < 1.29 is 13.9 Å². The molecule has 2 aliphatic rings. The fraction of sp³-hybridized carbons (Fsp3) is 0.500. The zero-order valence-corrected chi connectivity index (χ0v) is 14.5. The molecule has 2 aliphatic heterocycles. The van der Waals surface area contributed by atoms with Crippen molar-refractivity contribution in [2.75, 3.05) is 26.3 Å². The van der Waals surface area contributed by atoms with E-state index < -0.39 is 6.04 Å². The molecule has 3 heterocycles. The topological polar surface area (TPSA) is 72.3 Å². The number of hydrogen-bond donors (Lipinski definition) is 1. The first-order valence-corrected chi connectivity index (χ1v) is 8.95. The molecule has 1 amide bonds. The van der Waals surface area contributed by atoms with Crippen molar-refractivity contribution in [2.24, 2.45) is 0 Å². The van der Waals surface area contributed by atoms with Crippen LogP contribution in [0.15, 0.2) is 30.6 Å². The van der Waals surface area contributed by atoms with Gasteiger partial charge in [0.2, 0.25) is 5.91 Å². The van der Waals surface area contributed by atoms with Gasteiger partial charge in [0, 0.05) is 25.6 Å². The monoisotopic (exact) mass is 359 g/mol. The third-order valence-corrected chi connectivity index (χ3v) is 4.98. The van der Waals surface area contributed by atoms with Crippen LogP contribution in [-0.2, 0) is 22.5 Å². The van der Waals surface area contributed by atoms with Gasteiger partial charge in [-0.2, -0.15) is 5.10 Å². The van der Waals surface area contributed by atoms with Crippen LogP contribution in [0.1, 0.15) is 23.9 Å². The zero-order chi connectivity index (χ0) is 17.9. The maximum Gasteiger partial charge on any atom is 0.242 e. The van der Waals surface area contributed by atoms with Gasteiger partial charge in [-0.15, -0.1) is 0 Å². The number of benzene rings is 1. The minimum Gasteiger partial charge on any atom is -0.379 e. The molecule has 0 spiro atoms. The van der Waals surface area contributed by atoms with E-state index in [-0.39, 0.29) is 17.8 Å². The molecule has 138 valence electrons. The molecule has 1 aromatic carbocycles. The van der Waals surface area contributed by atoms with Crippen LogP contribution in [0.2, 0.25) is 0 Å². The molecule has 0 aliphatic carbocycles. The maximum atomic E-state index is 13.8. The Morgan fingerprint density at radius 1 is 1.35 bits per heavy atom. The summed E-state index contributed by atoms with van der Waals surface area (Å²) in [5.74, 6) is 0.509. The highest BCUT2D eigenvalue weighted by molar-refractivity contribution is 5.83. The number of nitrogens with zero attached hydrogens (tertiary/aromatic N) is 4. The number of nitrogens with one attached hydrogen (secondary N) is 1. The molecule has 1 aromatic heterocycles. The van der Waals surface area contributed by atoms with Gasteiger partial charge < -0.3 is 10.1 Å². The number of carbonyl (C=O) groups is 1. The van der Waals surface area contributed by atoms with E-state index in [0.29, 0.717) is 38.4 Å². The first-order valence-electron chi connectivity index (χ1n) is 8.95. The minimum atomic E-state index is -0.522. The number of hydrogen-bond acceptors (Lipinski definition) is 5. The lowest BCUT2D eigenvalue weighted by molar-refractivity contribution is -0.129. The second kappa shape index (κ2) is 7.51. The lowest BCUT2D eigenvalue weighted by Crippen LogP contribution is -2.49. The quantitative estimate of drug-likeness (QED) is 0.879. The molecule has 1 fully saturated rings. The van der Waals surface area contributed by atoms with Crippen LogP contribution in [0, 0.1) is 5.82 Å². The number of ether oxygens (including phenoxy) is 1. The van der Waals surface area contributed by atoms with Gasteiger partial charge in [-0.1, -0.05) is 12.1 Å². The van der Waals surface area contributed by atoms with Crippen LogP contribution in [-0.4, -0.2) is 57.9 Å². The number of amides is 1. The van der Waals surface area contributed by atoms with Crippen molar-refractivity contribution in [1.82, 2.24) is 25.0 Å². The van der Waals surface area contributed by atoms with Crippen LogP contribution in [0.25, 0.3) is 0 Å². The Labute approximate surface area is 151 Å². The van der Waals surface area contributed by atoms with Gasteiger partial charge in [-0.25, -0.2) is 14.1 Å². The SMILES string of the molecule is O=C(NC1CCc2ncnn2C1)C(c1cccc(F)c1)N1CCOCC1. The predicted octanol–water partition coefficient (Wildman–Crippen LogP) is 0.922. The van der Waals surface area contributed by atoms with E-state index in [4.69, 9.17) is 4.74 Å². The average molecular weight is 359 g/mol. The average Bonchev–Trinajstić information content (AvgIpc) is 3.11. The van der Waals surface area contributed by atoms with E-state index in [1.807, 2.05) is 4.68 Å². The molecule has 7 nitrogen and oxygen atoms in total. The molecule has 1 saturated heterocycles. The minimum absolute atomic E-state index is 0.00574. The normalized spacial score (nSPS) is 21.8. The van der Waals surface area contributed by atoms with Gasteiger partial charge in [0.05, 0.1) is 19.8 Å². The number of aromatic nitrogens is 3. The Kier molecular flexibility index (Phi) is 4.94. The Hall–Kier alpha value is -2.32. The number of halogens is 1. The number of aryl methyl sites for hydroxylation is 1. The maximum absolute atomic E-state index is 13.8. The Bertz CT molecular complexity index is 774. The molecule has 2 unspecified atom stereocenters. The number of fused-ring (bicyclic) bond motifs is 1. The van der Waals surface area contributed by atoms with Gasteiger partial charge in [-0.3, -0.25) is 9.69 Å². The molecule has 0 bridgehead atoms. The van der Waals surface area contributed by atoms with Crippen molar-refractivity contribution in [2.45, 2.75) is 31.5 Å². The first kappa shape index (κ1) is 17.1. The Morgan fingerprint density at radius 2 is 2.19 bits per heavy atom. The first-order chi connectivity index (χ1) is 12.7. The molecule has 0 saturated carbocycles. The molecule has 8 heteroatoms. The van der Waals surface area contributed by atoms with Crippen molar-refractivity contribution in [3.8, 4) is 0 Å². The summed E-state index contributed by atoms with van der Waals surface area (Å²) < 4.78 is 21.0. The van der Waals surface area contributed by atoms with E-state index in [9.17, 15) is 9.18 Å². The summed E-state index contributed by atoms with van der Waals surface area (Å²) in [6, 6.07) is 5.76. The molecular weight excluding hydrogens is 337 g/mol. The molecule has 1 N–H and O–H groups in total. The van der Waals surface area contributed by atoms with E-state index in [2.05, 4.69) is 20.3 Å². The van der Waals surface area contributed by atoms with Crippen LogP contribution < -0.4 is 5.32 Å². The lowest BCUT2D eigenvalue weighted by Gasteiger charge is -2.35. The molecule has 4 rings (SSSR count). The van der Waals surface area contributed by atoms with E-state index in [1.54, 1.807) is 18.5 Å². The van der Waals surface area contributed by atoms with E-state index in [0.717, 1.165) is 18.7 Å². The van der Waals surface area contributed by atoms with Crippen molar-refractivity contribution in [3.05, 3.63) is 47.8 Å². The van der Waals surface area contributed by atoms with Gasteiger partial charge in [0.1, 0.15) is 24.0 Å². The van der Waals surface area contributed by atoms with Crippen LogP contribution >= 0.6 is 0 Å². The summed E-state index contributed by atoms with van der Waals surface area (Å²) in [5, 5.41) is 7.33. The summed E-state index contributed by atoms with van der Waals surface area (Å²) in [4.78, 5) is 19.4. The summed E-state index contributed by atoms with van der Waals surface area (Å²) in [5.41, 5.74) is 0.668. The molecule has 2 aromatic rings. The fourth-order valence-corrected chi connectivity index (χ4v) is 3.68. The molecule has 0 radical (unpaired) electrons. The molecule has 26 heavy (non-hydrogen) atoms.